The van der Waals surface area contributed by atoms with E-state index in [1.807, 2.05) is 0 Å². The van der Waals surface area contributed by atoms with Gasteiger partial charge in [0.25, 0.3) is 0 Å². The molecule has 228 valence electrons. The Bertz CT molecular complexity index is 969. The third kappa shape index (κ3) is 5.42. The van der Waals surface area contributed by atoms with Crippen LogP contribution in [0, 0.1) is 0 Å². The number of hydrogen-bond acceptors (Lipinski definition) is 15. The monoisotopic (exact) mass is 578 g/mol. The second kappa shape index (κ2) is 12.1. The zero-order valence-electron chi connectivity index (χ0n) is 21.6. The molecule has 3 saturated heterocycles. The summed E-state index contributed by atoms with van der Waals surface area (Å²) < 4.78 is 22.3. The van der Waals surface area contributed by atoms with Crippen LogP contribution in [0.15, 0.2) is 30.3 Å². The van der Waals surface area contributed by atoms with Crippen molar-refractivity contribution in [1.82, 2.24) is 0 Å². The van der Waals surface area contributed by atoms with E-state index >= 15 is 0 Å². The molecular formula is C25H38O15. The lowest BCUT2D eigenvalue weighted by molar-refractivity contribution is -0.416. The highest BCUT2D eigenvalue weighted by Gasteiger charge is 2.66. The zero-order valence-corrected chi connectivity index (χ0v) is 21.6. The topological polar surface area (TPSA) is 259 Å². The molecule has 1 aromatic rings. The van der Waals surface area contributed by atoms with Gasteiger partial charge in [0, 0.05) is 6.42 Å². The van der Waals surface area contributed by atoms with Crippen molar-refractivity contribution in [3.63, 3.8) is 0 Å². The summed E-state index contributed by atoms with van der Waals surface area (Å²) in [6, 6.07) is 8.35. The van der Waals surface area contributed by atoms with E-state index in [2.05, 4.69) is 0 Å². The third-order valence-corrected chi connectivity index (χ3v) is 7.95. The maximum atomic E-state index is 11.7. The van der Waals surface area contributed by atoms with Gasteiger partial charge in [0.1, 0.15) is 67.1 Å². The third-order valence-electron chi connectivity index (χ3n) is 7.95. The molecule has 0 amide bonds. The van der Waals surface area contributed by atoms with Gasteiger partial charge in [0.15, 0.2) is 17.7 Å². The van der Waals surface area contributed by atoms with Crippen LogP contribution in [0.2, 0.25) is 0 Å². The van der Waals surface area contributed by atoms with Crippen LogP contribution < -0.4 is 0 Å². The highest BCUT2D eigenvalue weighted by Crippen LogP contribution is 2.42. The molecule has 0 aromatic heterocycles. The van der Waals surface area contributed by atoms with E-state index in [4.69, 9.17) is 18.9 Å². The first-order valence-corrected chi connectivity index (χ1v) is 12.9. The summed E-state index contributed by atoms with van der Waals surface area (Å²) in [6.45, 7) is -0.457. The fourth-order valence-electron chi connectivity index (χ4n) is 5.54. The molecule has 0 saturated carbocycles. The molecule has 4 rings (SSSR count). The first-order chi connectivity index (χ1) is 18.8. The minimum atomic E-state index is -2.93. The summed E-state index contributed by atoms with van der Waals surface area (Å²) in [5.74, 6) is -2.39. The fraction of sp³-hybridized carbons (Fsp3) is 0.760. The molecule has 3 aliphatic heterocycles. The van der Waals surface area contributed by atoms with E-state index in [0.29, 0.717) is 5.56 Å². The lowest BCUT2D eigenvalue weighted by Gasteiger charge is -2.55. The highest BCUT2D eigenvalue weighted by atomic mass is 16.7. The largest absolute Gasteiger partial charge is 0.394 e. The Morgan fingerprint density at radius 3 is 1.98 bits per heavy atom. The number of aliphatic hydroxyl groups excluding tert-OH is 9. The van der Waals surface area contributed by atoms with E-state index < -0.39 is 104 Å². The molecule has 3 heterocycles. The zero-order chi connectivity index (χ0) is 29.6. The second-order valence-electron chi connectivity index (χ2n) is 10.6. The summed E-state index contributed by atoms with van der Waals surface area (Å²) in [5.41, 5.74) is -2.40. The number of rotatable bonds is 7. The number of ether oxygens (including phenoxy) is 4. The van der Waals surface area contributed by atoms with Gasteiger partial charge in [-0.05, 0) is 12.5 Å². The van der Waals surface area contributed by atoms with Gasteiger partial charge >= 0.3 is 0 Å². The molecular weight excluding hydrogens is 540 g/mol. The van der Waals surface area contributed by atoms with Crippen LogP contribution in [0.1, 0.15) is 12.5 Å². The van der Waals surface area contributed by atoms with Gasteiger partial charge in [0.05, 0.1) is 19.3 Å². The van der Waals surface area contributed by atoms with Gasteiger partial charge in [-0.2, -0.15) is 0 Å². The molecule has 0 aliphatic carbocycles. The lowest BCUT2D eigenvalue weighted by atomic mass is 9.76. The van der Waals surface area contributed by atoms with Crippen LogP contribution in [-0.4, -0.2) is 160 Å². The average Bonchev–Trinajstić information content (AvgIpc) is 2.94. The Labute approximate surface area is 229 Å². The minimum absolute atomic E-state index is 0.295. The van der Waals surface area contributed by atoms with E-state index in [-0.39, 0.29) is 6.42 Å². The lowest BCUT2D eigenvalue weighted by Crippen LogP contribution is -2.78. The Balaban J connectivity index is 1.65. The maximum Gasteiger partial charge on any atom is 0.199 e. The van der Waals surface area contributed by atoms with Crippen molar-refractivity contribution < 1.29 is 75.1 Å². The number of aliphatic hydroxyl groups is 11. The van der Waals surface area contributed by atoms with Gasteiger partial charge in [-0.25, -0.2) is 0 Å². The molecule has 15 nitrogen and oxygen atoms in total. The van der Waals surface area contributed by atoms with Crippen LogP contribution in [0.4, 0.5) is 0 Å². The van der Waals surface area contributed by atoms with E-state index in [1.165, 1.54) is 6.92 Å². The van der Waals surface area contributed by atoms with Crippen LogP contribution >= 0.6 is 0 Å². The molecule has 0 bridgehead atoms. The van der Waals surface area contributed by atoms with Crippen LogP contribution in [0.3, 0.4) is 0 Å². The van der Waals surface area contributed by atoms with Crippen LogP contribution in [0.25, 0.3) is 0 Å². The molecule has 3 aliphatic rings. The minimum Gasteiger partial charge on any atom is -0.394 e. The predicted octanol–water partition coefficient (Wildman–Crippen LogP) is -5.54. The fourth-order valence-corrected chi connectivity index (χ4v) is 5.54. The first kappa shape index (κ1) is 31.6. The van der Waals surface area contributed by atoms with E-state index in [1.54, 1.807) is 30.3 Å². The molecule has 15 heteroatoms. The van der Waals surface area contributed by atoms with Gasteiger partial charge < -0.3 is 75.1 Å². The van der Waals surface area contributed by atoms with Crippen LogP contribution in [0.5, 0.6) is 0 Å². The van der Waals surface area contributed by atoms with Crippen molar-refractivity contribution in [3.8, 4) is 0 Å². The summed E-state index contributed by atoms with van der Waals surface area (Å²) in [7, 11) is 0. The van der Waals surface area contributed by atoms with E-state index in [0.717, 1.165) is 0 Å². The molecule has 11 N–H and O–H groups in total. The van der Waals surface area contributed by atoms with Crippen molar-refractivity contribution in [2.24, 2.45) is 0 Å². The SMILES string of the molecule is C[C@@H]1OC([C@]2(O)[C@H](O[C@H]3[C@H](O)[C@@H](O)C(O)(Cc4ccccc4)O[C@@H]3CO)O[C@H](CO)[C@H](O)[C@@H]2O)[C@@H](O)[C@H](O)[C@@H]1O. The van der Waals surface area contributed by atoms with Gasteiger partial charge in [-0.3, -0.25) is 0 Å². The summed E-state index contributed by atoms with van der Waals surface area (Å²) >= 11 is 0. The predicted molar refractivity (Wildman–Crippen MR) is 129 cm³/mol. The van der Waals surface area contributed by atoms with E-state index in [9.17, 15) is 56.2 Å². The number of hydrogen-bond donors (Lipinski definition) is 11. The van der Waals surface area contributed by atoms with Crippen molar-refractivity contribution >= 4 is 0 Å². The Morgan fingerprint density at radius 1 is 0.750 bits per heavy atom. The Kier molecular flexibility index (Phi) is 9.53. The first-order valence-electron chi connectivity index (χ1n) is 12.9. The Hall–Kier alpha value is -1.38. The smallest absolute Gasteiger partial charge is 0.199 e. The quantitative estimate of drug-likeness (QED) is 0.144. The van der Waals surface area contributed by atoms with Gasteiger partial charge in [-0.1, -0.05) is 30.3 Å². The van der Waals surface area contributed by atoms with Crippen molar-refractivity contribution in [2.45, 2.75) is 104 Å². The normalized spacial score (nSPS) is 50.0. The summed E-state index contributed by atoms with van der Waals surface area (Å²) in [4.78, 5) is 0. The van der Waals surface area contributed by atoms with Crippen molar-refractivity contribution in [2.75, 3.05) is 13.2 Å². The van der Waals surface area contributed by atoms with Crippen molar-refractivity contribution in [1.29, 1.82) is 0 Å². The average molecular weight is 579 g/mol. The molecule has 0 spiro atoms. The van der Waals surface area contributed by atoms with Gasteiger partial charge in [-0.15, -0.1) is 0 Å². The van der Waals surface area contributed by atoms with Gasteiger partial charge in [0.2, 0.25) is 0 Å². The molecule has 2 unspecified atom stereocenters. The maximum absolute atomic E-state index is 11.7. The molecule has 40 heavy (non-hydrogen) atoms. The molecule has 15 atom stereocenters. The summed E-state index contributed by atoms with van der Waals surface area (Å²) in [5, 5.41) is 117. The summed E-state index contributed by atoms with van der Waals surface area (Å²) in [6.07, 6.45) is -24.3. The Morgan fingerprint density at radius 2 is 1.38 bits per heavy atom. The standard InChI is InChI=1S/C25H38O15/c1-10-14(28)16(30)17(31)22(37-10)25(36)21(34)15(29)12(8-26)38-23(25)39-19-13(9-27)40-24(35,20(33)18(19)32)7-11-5-3-2-4-6-11/h2-6,10,12-23,26-36H,7-9H2,1H3/t10-,12+,13+,14+,15-,16+,17-,18-,19+,20+,21-,22?,23-,24?,25-/m0/s1. The molecule has 1 aromatic carbocycles. The molecule has 0 radical (unpaired) electrons. The number of benzene rings is 1. The molecule has 3 fully saturated rings. The highest BCUT2D eigenvalue weighted by molar-refractivity contribution is 5.18. The van der Waals surface area contributed by atoms with Crippen molar-refractivity contribution in [3.05, 3.63) is 35.9 Å². The van der Waals surface area contributed by atoms with Crippen LogP contribution in [-0.2, 0) is 25.4 Å². The second-order valence-corrected chi connectivity index (χ2v) is 10.6.